The van der Waals surface area contributed by atoms with Gasteiger partial charge < -0.3 is 24.7 Å². The molecule has 1 aromatic carbocycles. The van der Waals surface area contributed by atoms with E-state index in [-0.39, 0.29) is 38.3 Å². The number of hydrogen-bond donors (Lipinski definition) is 3. The second-order valence-electron chi connectivity index (χ2n) is 8.06. The molecule has 2 atom stereocenters. The minimum atomic E-state index is -1.30. The third kappa shape index (κ3) is 4.95. The fourth-order valence-corrected chi connectivity index (χ4v) is 4.04. The Kier molecular flexibility index (Phi) is 6.71. The van der Waals surface area contributed by atoms with E-state index in [0.29, 0.717) is 24.2 Å². The lowest BCUT2D eigenvalue weighted by molar-refractivity contribution is -0.155. The molecule has 0 unspecified atom stereocenters. The van der Waals surface area contributed by atoms with Crippen molar-refractivity contribution in [2.45, 2.75) is 37.8 Å². The van der Waals surface area contributed by atoms with Crippen LogP contribution in [0.5, 0.6) is 11.5 Å². The lowest BCUT2D eigenvalue weighted by atomic mass is 10.1. The molecule has 1 aromatic rings. The molecule has 4 rings (SSSR count). The van der Waals surface area contributed by atoms with Crippen LogP contribution in [-0.2, 0) is 19.2 Å². The van der Waals surface area contributed by atoms with Crippen LogP contribution >= 0.6 is 0 Å². The molecule has 5 amide bonds. The van der Waals surface area contributed by atoms with Gasteiger partial charge in [-0.3, -0.25) is 24.6 Å². The summed E-state index contributed by atoms with van der Waals surface area (Å²) >= 11 is 0. The molecule has 2 fully saturated rings. The highest BCUT2D eigenvalue weighted by molar-refractivity contribution is 5.97. The fraction of sp³-hybridized carbons (Fsp3) is 0.429. The van der Waals surface area contributed by atoms with Crippen LogP contribution in [0.15, 0.2) is 18.2 Å². The number of carbonyl (C=O) groups is 6. The Morgan fingerprint density at radius 3 is 2.69 bits per heavy atom. The van der Waals surface area contributed by atoms with Crippen molar-refractivity contribution >= 4 is 36.0 Å². The van der Waals surface area contributed by atoms with Crippen LogP contribution in [0.25, 0.3) is 0 Å². The summed E-state index contributed by atoms with van der Waals surface area (Å²) in [4.78, 5) is 73.9. The number of benzene rings is 1. The zero-order valence-corrected chi connectivity index (χ0v) is 18.5. The first kappa shape index (κ1) is 23.8. The van der Waals surface area contributed by atoms with E-state index in [4.69, 9.17) is 14.6 Å². The summed E-state index contributed by atoms with van der Waals surface area (Å²) in [6.07, 6.45) is 0.135. The number of nitrogens with zero attached hydrogens (tertiary/aromatic N) is 3. The van der Waals surface area contributed by atoms with Crippen molar-refractivity contribution in [3.05, 3.63) is 23.8 Å². The topological polar surface area (TPSA) is 175 Å². The summed E-state index contributed by atoms with van der Waals surface area (Å²) in [5.41, 5.74) is 2.65. The number of hydrazine groups is 2. The molecule has 0 aliphatic carbocycles. The Morgan fingerprint density at radius 2 is 1.94 bits per heavy atom. The monoisotopic (exact) mass is 489 g/mol. The maximum atomic E-state index is 13.4. The van der Waals surface area contributed by atoms with Gasteiger partial charge in [-0.2, -0.15) is 0 Å². The highest BCUT2D eigenvalue weighted by Gasteiger charge is 2.44. The smallest absolute Gasteiger partial charge is 0.358 e. The van der Waals surface area contributed by atoms with Crippen LogP contribution in [0.3, 0.4) is 0 Å². The van der Waals surface area contributed by atoms with Crippen LogP contribution in [0, 0.1) is 0 Å². The first-order valence-corrected chi connectivity index (χ1v) is 10.9. The standard InChI is InChI=1S/C21H23N5O9/c27-10-13(9-18(29)30)22-20(32)14-2-1-6-25-17(28)5-7-24(21(33)26(14)25)23-19(31)12-3-4-15-16(8-12)35-11-34-15/h3-4,8,10,13-14H,1-2,5-7,9,11H2,(H,22,32)(H,23,31)(H,29,30)/t13-,14-/m0/s1. The molecular formula is C21H23N5O9. The summed E-state index contributed by atoms with van der Waals surface area (Å²) in [5, 5.41) is 14.3. The lowest BCUT2D eigenvalue weighted by Crippen LogP contribution is -2.64. The molecule has 3 aliphatic rings. The predicted molar refractivity (Wildman–Crippen MR) is 114 cm³/mol. The molecule has 3 heterocycles. The highest BCUT2D eigenvalue weighted by Crippen LogP contribution is 2.32. The van der Waals surface area contributed by atoms with E-state index >= 15 is 0 Å². The van der Waals surface area contributed by atoms with Gasteiger partial charge in [0.25, 0.3) is 5.91 Å². The molecule has 0 radical (unpaired) electrons. The number of aldehydes is 1. The van der Waals surface area contributed by atoms with Gasteiger partial charge in [0.15, 0.2) is 11.5 Å². The largest absolute Gasteiger partial charge is 0.481 e. The summed E-state index contributed by atoms with van der Waals surface area (Å²) in [6.45, 7) is 0.0780. The van der Waals surface area contributed by atoms with E-state index < -0.39 is 48.2 Å². The third-order valence-electron chi connectivity index (χ3n) is 5.73. The van der Waals surface area contributed by atoms with Crippen LogP contribution < -0.4 is 20.2 Å². The van der Waals surface area contributed by atoms with E-state index in [0.717, 1.165) is 15.0 Å². The van der Waals surface area contributed by atoms with Gasteiger partial charge in [-0.25, -0.2) is 19.8 Å². The van der Waals surface area contributed by atoms with Crippen molar-refractivity contribution < 1.29 is 43.3 Å². The molecule has 0 spiro atoms. The molecule has 0 saturated carbocycles. The number of hydrogen-bond acceptors (Lipinski definition) is 8. The number of amides is 5. The number of rotatable bonds is 7. The summed E-state index contributed by atoms with van der Waals surface area (Å²) in [5.74, 6) is -2.28. The van der Waals surface area contributed by atoms with E-state index in [1.807, 2.05) is 0 Å². The van der Waals surface area contributed by atoms with Crippen LogP contribution in [-0.4, -0.2) is 88.1 Å². The predicted octanol–water partition coefficient (Wildman–Crippen LogP) is -0.748. The van der Waals surface area contributed by atoms with Crippen LogP contribution in [0.4, 0.5) is 4.79 Å². The van der Waals surface area contributed by atoms with Crippen molar-refractivity contribution in [2.24, 2.45) is 0 Å². The first-order chi connectivity index (χ1) is 16.8. The Hall–Kier alpha value is -4.36. The molecule has 186 valence electrons. The molecule has 14 heteroatoms. The number of carboxylic acid groups (broad SMARTS) is 1. The van der Waals surface area contributed by atoms with Crippen LogP contribution in [0.1, 0.15) is 36.0 Å². The second-order valence-corrected chi connectivity index (χ2v) is 8.06. The third-order valence-corrected chi connectivity index (χ3v) is 5.73. The number of carbonyl (C=O) groups excluding carboxylic acids is 5. The van der Waals surface area contributed by atoms with Gasteiger partial charge in [-0.05, 0) is 31.0 Å². The highest BCUT2D eigenvalue weighted by atomic mass is 16.7. The van der Waals surface area contributed by atoms with Gasteiger partial charge in [0.05, 0.1) is 19.0 Å². The number of carboxylic acids is 1. The van der Waals surface area contributed by atoms with Gasteiger partial charge >= 0.3 is 12.0 Å². The van der Waals surface area contributed by atoms with E-state index in [2.05, 4.69) is 10.7 Å². The van der Waals surface area contributed by atoms with Gasteiger partial charge in [-0.1, -0.05) is 0 Å². The van der Waals surface area contributed by atoms with E-state index in [1.54, 1.807) is 6.07 Å². The summed E-state index contributed by atoms with van der Waals surface area (Å²) in [6, 6.07) is 1.21. The SMILES string of the molecule is O=C[C@H](CC(=O)O)NC(=O)[C@@H]1CCCN2C(=O)CCN(NC(=O)c3ccc4c(c3)OCO4)C(=O)N12. The van der Waals surface area contributed by atoms with Gasteiger partial charge in [0, 0.05) is 18.5 Å². The summed E-state index contributed by atoms with van der Waals surface area (Å²) < 4.78 is 10.5. The molecule has 0 aromatic heterocycles. The van der Waals surface area contributed by atoms with E-state index in [1.165, 1.54) is 12.1 Å². The molecule has 14 nitrogen and oxygen atoms in total. The quantitative estimate of drug-likeness (QED) is 0.416. The normalized spacial score (nSPS) is 20.0. The number of urea groups is 1. The van der Waals surface area contributed by atoms with Crippen molar-refractivity contribution in [1.82, 2.24) is 25.8 Å². The average molecular weight is 489 g/mol. The van der Waals surface area contributed by atoms with Gasteiger partial charge in [-0.15, -0.1) is 0 Å². The number of ether oxygens (including phenoxy) is 2. The maximum Gasteiger partial charge on any atom is 0.358 e. The number of aliphatic carboxylic acids is 1. The fourth-order valence-electron chi connectivity index (χ4n) is 4.04. The van der Waals surface area contributed by atoms with Gasteiger partial charge in [0.2, 0.25) is 18.6 Å². The minimum absolute atomic E-state index is 0.0266. The maximum absolute atomic E-state index is 13.4. The minimum Gasteiger partial charge on any atom is -0.481 e. The second kappa shape index (κ2) is 9.87. The Bertz CT molecular complexity index is 1080. The zero-order valence-electron chi connectivity index (χ0n) is 18.5. The first-order valence-electron chi connectivity index (χ1n) is 10.9. The average Bonchev–Trinajstić information content (AvgIpc) is 3.28. The van der Waals surface area contributed by atoms with Crippen molar-refractivity contribution in [1.29, 1.82) is 0 Å². The summed E-state index contributed by atoms with van der Waals surface area (Å²) in [7, 11) is 0. The zero-order chi connectivity index (χ0) is 25.1. The van der Waals surface area contributed by atoms with Crippen molar-refractivity contribution in [3.63, 3.8) is 0 Å². The van der Waals surface area contributed by atoms with E-state index in [9.17, 15) is 28.8 Å². The Morgan fingerprint density at radius 1 is 1.17 bits per heavy atom. The molecule has 2 saturated heterocycles. The molecule has 3 aliphatic heterocycles. The van der Waals surface area contributed by atoms with Crippen LogP contribution in [0.2, 0.25) is 0 Å². The Labute approximate surface area is 198 Å². The van der Waals surface area contributed by atoms with Gasteiger partial charge in [0.1, 0.15) is 12.3 Å². The lowest BCUT2D eigenvalue weighted by Gasteiger charge is -2.42. The number of nitrogens with one attached hydrogen (secondary N) is 2. The molecule has 0 bridgehead atoms. The molecule has 35 heavy (non-hydrogen) atoms. The molecule has 3 N–H and O–H groups in total. The Balaban J connectivity index is 1.52. The van der Waals surface area contributed by atoms with Crippen molar-refractivity contribution in [3.8, 4) is 11.5 Å². The number of fused-ring (bicyclic) bond motifs is 2. The molecular weight excluding hydrogens is 466 g/mol. The van der Waals surface area contributed by atoms with Crippen molar-refractivity contribution in [2.75, 3.05) is 19.9 Å².